The summed E-state index contributed by atoms with van der Waals surface area (Å²) in [4.78, 5) is 11.8. The van der Waals surface area contributed by atoms with Crippen LogP contribution in [-0.2, 0) is 6.42 Å². The van der Waals surface area contributed by atoms with Crippen molar-refractivity contribution in [1.29, 1.82) is 0 Å². The normalized spacial score (nSPS) is 10.8. The summed E-state index contributed by atoms with van der Waals surface area (Å²) in [5, 5.41) is 10.7. The molecule has 3 heteroatoms. The molecular weight excluding hydrogens is 252 g/mol. The van der Waals surface area contributed by atoms with E-state index in [0.29, 0.717) is 17.6 Å². The standard InChI is InChI=1S/C17H14O3/c1-2-12-15(18)9-8-13-14(10-16(19)20-17(12)13)11-6-4-3-5-7-11/h3-10,18H,2H2,1H3. The Morgan fingerprint density at radius 1 is 1.10 bits per heavy atom. The van der Waals surface area contributed by atoms with Crippen LogP contribution in [0.1, 0.15) is 12.5 Å². The lowest BCUT2D eigenvalue weighted by atomic mass is 9.99. The van der Waals surface area contributed by atoms with Crippen LogP contribution in [0.25, 0.3) is 22.1 Å². The van der Waals surface area contributed by atoms with E-state index in [0.717, 1.165) is 16.5 Å². The predicted octanol–water partition coefficient (Wildman–Crippen LogP) is 3.73. The van der Waals surface area contributed by atoms with Crippen molar-refractivity contribution in [3.63, 3.8) is 0 Å². The lowest BCUT2D eigenvalue weighted by Gasteiger charge is -2.09. The van der Waals surface area contributed by atoms with Crippen molar-refractivity contribution in [1.82, 2.24) is 0 Å². The summed E-state index contributed by atoms with van der Waals surface area (Å²) >= 11 is 0. The van der Waals surface area contributed by atoms with E-state index in [1.165, 1.54) is 6.07 Å². The average molecular weight is 266 g/mol. The number of rotatable bonds is 2. The molecule has 0 unspecified atom stereocenters. The maximum absolute atomic E-state index is 11.8. The van der Waals surface area contributed by atoms with Crippen LogP contribution < -0.4 is 5.63 Å². The fourth-order valence-corrected chi connectivity index (χ4v) is 2.47. The van der Waals surface area contributed by atoms with Gasteiger partial charge in [0.1, 0.15) is 11.3 Å². The molecule has 0 bridgehead atoms. The summed E-state index contributed by atoms with van der Waals surface area (Å²) in [6.45, 7) is 1.92. The summed E-state index contributed by atoms with van der Waals surface area (Å²) in [7, 11) is 0. The minimum absolute atomic E-state index is 0.161. The number of aromatic hydroxyl groups is 1. The number of aryl methyl sites for hydroxylation is 1. The Morgan fingerprint density at radius 2 is 1.85 bits per heavy atom. The van der Waals surface area contributed by atoms with E-state index in [1.807, 2.05) is 37.3 Å². The van der Waals surface area contributed by atoms with Crippen molar-refractivity contribution in [3.05, 3.63) is 64.5 Å². The van der Waals surface area contributed by atoms with Gasteiger partial charge in [0.2, 0.25) is 0 Å². The molecule has 3 rings (SSSR count). The summed E-state index contributed by atoms with van der Waals surface area (Å²) in [5.74, 6) is 0.161. The zero-order valence-corrected chi connectivity index (χ0v) is 11.1. The van der Waals surface area contributed by atoms with Crippen molar-refractivity contribution < 1.29 is 9.52 Å². The molecule has 0 atom stereocenters. The molecule has 20 heavy (non-hydrogen) atoms. The highest BCUT2D eigenvalue weighted by molar-refractivity contribution is 5.95. The number of hydrogen-bond acceptors (Lipinski definition) is 3. The quantitative estimate of drug-likeness (QED) is 0.719. The first-order valence-electron chi connectivity index (χ1n) is 6.55. The molecule has 3 aromatic rings. The number of phenolic OH excluding ortho intramolecular Hbond substituents is 1. The number of hydrogen-bond donors (Lipinski definition) is 1. The first-order chi connectivity index (χ1) is 9.70. The van der Waals surface area contributed by atoms with Crippen molar-refractivity contribution in [2.45, 2.75) is 13.3 Å². The van der Waals surface area contributed by atoms with Gasteiger partial charge in [-0.2, -0.15) is 0 Å². The highest BCUT2D eigenvalue weighted by Crippen LogP contribution is 2.33. The number of benzene rings is 2. The van der Waals surface area contributed by atoms with Crippen molar-refractivity contribution in [2.75, 3.05) is 0 Å². The highest BCUT2D eigenvalue weighted by atomic mass is 16.4. The fourth-order valence-electron chi connectivity index (χ4n) is 2.47. The largest absolute Gasteiger partial charge is 0.508 e. The molecule has 0 saturated heterocycles. The van der Waals surface area contributed by atoms with Gasteiger partial charge in [0.15, 0.2) is 0 Å². The third-order valence-electron chi connectivity index (χ3n) is 3.43. The molecule has 0 aliphatic rings. The third-order valence-corrected chi connectivity index (χ3v) is 3.43. The van der Waals surface area contributed by atoms with Crippen molar-refractivity contribution >= 4 is 11.0 Å². The maximum atomic E-state index is 11.8. The van der Waals surface area contributed by atoms with Gasteiger partial charge in [0.05, 0.1) is 0 Å². The predicted molar refractivity (Wildman–Crippen MR) is 79.0 cm³/mol. The second-order valence-corrected chi connectivity index (χ2v) is 4.64. The molecule has 2 aromatic carbocycles. The maximum Gasteiger partial charge on any atom is 0.336 e. The van der Waals surface area contributed by atoms with Gasteiger partial charge >= 0.3 is 5.63 Å². The van der Waals surface area contributed by atoms with Crippen molar-refractivity contribution in [2.24, 2.45) is 0 Å². The minimum atomic E-state index is -0.406. The van der Waals surface area contributed by atoms with Gasteiger partial charge < -0.3 is 9.52 Å². The van der Waals surface area contributed by atoms with Crippen LogP contribution in [-0.4, -0.2) is 5.11 Å². The Bertz CT molecular complexity index is 817. The van der Waals surface area contributed by atoms with Gasteiger partial charge in [0, 0.05) is 17.0 Å². The second-order valence-electron chi connectivity index (χ2n) is 4.64. The lowest BCUT2D eigenvalue weighted by molar-refractivity contribution is 0.466. The monoisotopic (exact) mass is 266 g/mol. The third kappa shape index (κ3) is 1.97. The highest BCUT2D eigenvalue weighted by Gasteiger charge is 2.13. The molecule has 0 aliphatic heterocycles. The Morgan fingerprint density at radius 3 is 2.55 bits per heavy atom. The molecule has 0 spiro atoms. The number of phenols is 1. The molecule has 1 N–H and O–H groups in total. The van der Waals surface area contributed by atoms with E-state index in [-0.39, 0.29) is 5.75 Å². The summed E-state index contributed by atoms with van der Waals surface area (Å²) in [6.07, 6.45) is 0.602. The van der Waals surface area contributed by atoms with Crippen LogP contribution >= 0.6 is 0 Å². The van der Waals surface area contributed by atoms with Gasteiger partial charge in [-0.05, 0) is 29.7 Å². The topological polar surface area (TPSA) is 50.4 Å². The van der Waals surface area contributed by atoms with Crippen molar-refractivity contribution in [3.8, 4) is 16.9 Å². The molecule has 0 saturated carbocycles. The number of fused-ring (bicyclic) bond motifs is 1. The van der Waals surface area contributed by atoms with Gasteiger partial charge in [-0.3, -0.25) is 0 Å². The first kappa shape index (κ1) is 12.5. The van der Waals surface area contributed by atoms with E-state index < -0.39 is 5.63 Å². The Kier molecular flexibility index (Phi) is 3.03. The summed E-state index contributed by atoms with van der Waals surface area (Å²) < 4.78 is 5.31. The molecule has 0 fully saturated rings. The summed E-state index contributed by atoms with van der Waals surface area (Å²) in [5.41, 5.74) is 2.51. The van der Waals surface area contributed by atoms with Crippen LogP contribution in [0.5, 0.6) is 5.75 Å². The van der Waals surface area contributed by atoms with Crippen LogP contribution in [0.3, 0.4) is 0 Å². The SMILES string of the molecule is CCc1c(O)ccc2c(-c3ccccc3)cc(=O)oc12. The fraction of sp³-hybridized carbons (Fsp3) is 0.118. The van der Waals surface area contributed by atoms with E-state index in [1.54, 1.807) is 12.1 Å². The van der Waals surface area contributed by atoms with Gasteiger partial charge in [-0.1, -0.05) is 37.3 Å². The minimum Gasteiger partial charge on any atom is -0.508 e. The molecule has 1 aromatic heterocycles. The van der Waals surface area contributed by atoms with Crippen LogP contribution in [0.15, 0.2) is 57.7 Å². The smallest absolute Gasteiger partial charge is 0.336 e. The van der Waals surface area contributed by atoms with Crippen LogP contribution in [0, 0.1) is 0 Å². The van der Waals surface area contributed by atoms with E-state index in [9.17, 15) is 9.90 Å². The molecule has 100 valence electrons. The van der Waals surface area contributed by atoms with Crippen LogP contribution in [0.4, 0.5) is 0 Å². The van der Waals surface area contributed by atoms with Gasteiger partial charge in [0.25, 0.3) is 0 Å². The van der Waals surface area contributed by atoms with E-state index in [4.69, 9.17) is 4.42 Å². The average Bonchev–Trinajstić information content (AvgIpc) is 2.47. The zero-order chi connectivity index (χ0) is 14.1. The van der Waals surface area contributed by atoms with Crippen LogP contribution in [0.2, 0.25) is 0 Å². The van der Waals surface area contributed by atoms with Gasteiger partial charge in [-0.25, -0.2) is 4.79 Å². The zero-order valence-electron chi connectivity index (χ0n) is 11.1. The molecule has 0 amide bonds. The Labute approximate surface area is 116 Å². The molecule has 0 radical (unpaired) electrons. The van der Waals surface area contributed by atoms with E-state index >= 15 is 0 Å². The molecular formula is C17H14O3. The molecule has 3 nitrogen and oxygen atoms in total. The first-order valence-corrected chi connectivity index (χ1v) is 6.55. The summed E-state index contributed by atoms with van der Waals surface area (Å²) in [6, 6.07) is 14.6. The molecule has 0 aliphatic carbocycles. The van der Waals surface area contributed by atoms with Gasteiger partial charge in [-0.15, -0.1) is 0 Å². The van der Waals surface area contributed by atoms with E-state index in [2.05, 4.69) is 0 Å². The Hall–Kier alpha value is -2.55. The second kappa shape index (κ2) is 4.85. The molecule has 1 heterocycles. The Balaban J connectivity index is 2.42. The lowest BCUT2D eigenvalue weighted by Crippen LogP contribution is -2.00.